The number of allylic oxidation sites excluding steroid dienone is 1. The van der Waals surface area contributed by atoms with Gasteiger partial charge in [0.25, 0.3) is 0 Å². The van der Waals surface area contributed by atoms with E-state index in [1.54, 1.807) is 31.5 Å². The Kier molecular flexibility index (Phi) is 4.15. The Morgan fingerprint density at radius 2 is 2.12 bits per heavy atom. The van der Waals surface area contributed by atoms with E-state index >= 15 is 0 Å². The van der Waals surface area contributed by atoms with Gasteiger partial charge in [-0.2, -0.15) is 0 Å². The molecule has 0 aromatic carbocycles. The standard InChI is InChI=1S/C12H12N2O2/c1-3-10(12(15)16)11(14-4-2)9-5-7-13-8-6-9/h3-8H,2H2,1H3,(H,15,16)/b10-3+,14-11?. The molecular weight excluding hydrogens is 204 g/mol. The first kappa shape index (κ1) is 11.8. The van der Waals surface area contributed by atoms with Crippen LogP contribution in [0, 0.1) is 0 Å². The number of pyridine rings is 1. The van der Waals surface area contributed by atoms with Gasteiger partial charge in [0.15, 0.2) is 0 Å². The molecule has 0 radical (unpaired) electrons. The Hall–Kier alpha value is -2.23. The molecular formula is C12H12N2O2. The summed E-state index contributed by atoms with van der Waals surface area (Å²) in [5.74, 6) is -1.01. The van der Waals surface area contributed by atoms with Crippen molar-refractivity contribution in [3.8, 4) is 0 Å². The lowest BCUT2D eigenvalue weighted by Gasteiger charge is -2.05. The Morgan fingerprint density at radius 3 is 2.56 bits per heavy atom. The summed E-state index contributed by atoms with van der Waals surface area (Å²) in [6.07, 6.45) is 6.00. The third kappa shape index (κ3) is 2.63. The fraction of sp³-hybridized carbons (Fsp3) is 0.0833. The summed E-state index contributed by atoms with van der Waals surface area (Å²) in [6, 6.07) is 3.41. The molecule has 1 aromatic rings. The van der Waals surface area contributed by atoms with Crippen molar-refractivity contribution in [2.45, 2.75) is 6.92 Å². The van der Waals surface area contributed by atoms with Crippen LogP contribution in [0.1, 0.15) is 12.5 Å². The molecule has 1 heterocycles. The van der Waals surface area contributed by atoms with Crippen molar-refractivity contribution >= 4 is 11.7 Å². The van der Waals surface area contributed by atoms with Crippen molar-refractivity contribution in [1.29, 1.82) is 0 Å². The average Bonchev–Trinajstić information content (AvgIpc) is 2.29. The summed E-state index contributed by atoms with van der Waals surface area (Å²) in [4.78, 5) is 18.9. The number of aromatic nitrogens is 1. The minimum absolute atomic E-state index is 0.145. The maximum Gasteiger partial charge on any atom is 0.337 e. The molecule has 0 bridgehead atoms. The zero-order valence-electron chi connectivity index (χ0n) is 8.92. The van der Waals surface area contributed by atoms with Gasteiger partial charge < -0.3 is 5.11 Å². The molecule has 0 aliphatic rings. The molecule has 16 heavy (non-hydrogen) atoms. The molecule has 1 aromatic heterocycles. The number of carbonyl (C=O) groups is 1. The van der Waals surface area contributed by atoms with Gasteiger partial charge in [-0.3, -0.25) is 9.98 Å². The Morgan fingerprint density at radius 1 is 1.50 bits per heavy atom. The van der Waals surface area contributed by atoms with Gasteiger partial charge in [-0.15, -0.1) is 0 Å². The molecule has 4 nitrogen and oxygen atoms in total. The van der Waals surface area contributed by atoms with Crippen LogP contribution < -0.4 is 0 Å². The number of aliphatic carboxylic acids is 1. The first-order valence-corrected chi connectivity index (χ1v) is 4.69. The number of hydrogen-bond donors (Lipinski definition) is 1. The van der Waals surface area contributed by atoms with Gasteiger partial charge in [0.05, 0.1) is 11.3 Å². The molecule has 0 aliphatic carbocycles. The van der Waals surface area contributed by atoms with Gasteiger partial charge in [-0.25, -0.2) is 4.79 Å². The molecule has 0 aliphatic heterocycles. The molecule has 0 fully saturated rings. The highest BCUT2D eigenvalue weighted by molar-refractivity contribution is 6.26. The van der Waals surface area contributed by atoms with Crippen molar-refractivity contribution < 1.29 is 9.90 Å². The fourth-order valence-corrected chi connectivity index (χ4v) is 1.26. The quantitative estimate of drug-likeness (QED) is 0.618. The topological polar surface area (TPSA) is 62.5 Å². The summed E-state index contributed by atoms with van der Waals surface area (Å²) in [7, 11) is 0. The molecule has 0 saturated carbocycles. The van der Waals surface area contributed by atoms with Crippen LogP contribution in [0.4, 0.5) is 0 Å². The second kappa shape index (κ2) is 5.60. The summed E-state index contributed by atoms with van der Waals surface area (Å²) in [5, 5.41) is 9.03. The van der Waals surface area contributed by atoms with Crippen molar-refractivity contribution in [2.75, 3.05) is 0 Å². The highest BCUT2D eigenvalue weighted by Crippen LogP contribution is 2.09. The van der Waals surface area contributed by atoms with E-state index in [9.17, 15) is 4.79 Å². The lowest BCUT2D eigenvalue weighted by atomic mass is 10.0. The van der Waals surface area contributed by atoms with Crippen LogP contribution in [0.5, 0.6) is 0 Å². The molecule has 82 valence electrons. The largest absolute Gasteiger partial charge is 0.478 e. The van der Waals surface area contributed by atoms with Crippen LogP contribution >= 0.6 is 0 Å². The third-order valence-corrected chi connectivity index (χ3v) is 1.95. The van der Waals surface area contributed by atoms with E-state index in [0.717, 1.165) is 0 Å². The van der Waals surface area contributed by atoms with E-state index < -0.39 is 5.97 Å². The van der Waals surface area contributed by atoms with Crippen LogP contribution in [-0.2, 0) is 4.79 Å². The van der Waals surface area contributed by atoms with Gasteiger partial charge in [0.1, 0.15) is 0 Å². The van der Waals surface area contributed by atoms with E-state index in [1.165, 1.54) is 12.3 Å². The highest BCUT2D eigenvalue weighted by atomic mass is 16.4. The number of carboxylic acid groups (broad SMARTS) is 1. The Balaban J connectivity index is 3.26. The monoisotopic (exact) mass is 216 g/mol. The van der Waals surface area contributed by atoms with Crippen molar-refractivity contribution in [2.24, 2.45) is 4.99 Å². The van der Waals surface area contributed by atoms with Crippen molar-refractivity contribution in [3.05, 3.63) is 54.5 Å². The minimum Gasteiger partial charge on any atom is -0.478 e. The van der Waals surface area contributed by atoms with Crippen LogP contribution in [0.25, 0.3) is 0 Å². The van der Waals surface area contributed by atoms with E-state index in [4.69, 9.17) is 5.11 Å². The smallest absolute Gasteiger partial charge is 0.337 e. The molecule has 0 spiro atoms. The van der Waals surface area contributed by atoms with Crippen molar-refractivity contribution in [3.63, 3.8) is 0 Å². The maximum absolute atomic E-state index is 11.0. The molecule has 4 heteroatoms. The van der Waals surface area contributed by atoms with Crippen LogP contribution in [-0.4, -0.2) is 21.8 Å². The molecule has 1 rings (SSSR count). The van der Waals surface area contributed by atoms with E-state index in [1.807, 2.05) is 0 Å². The molecule has 1 N–H and O–H groups in total. The predicted octanol–water partition coefficient (Wildman–Crippen LogP) is 2.05. The van der Waals surface area contributed by atoms with E-state index in [0.29, 0.717) is 11.3 Å². The van der Waals surface area contributed by atoms with E-state index in [2.05, 4.69) is 16.6 Å². The van der Waals surface area contributed by atoms with Gasteiger partial charge in [-0.1, -0.05) is 12.7 Å². The molecule has 0 saturated heterocycles. The number of nitrogens with zero attached hydrogens (tertiary/aromatic N) is 2. The fourth-order valence-electron chi connectivity index (χ4n) is 1.26. The zero-order valence-corrected chi connectivity index (χ0v) is 8.92. The zero-order chi connectivity index (χ0) is 12.0. The number of rotatable bonds is 4. The summed E-state index contributed by atoms with van der Waals surface area (Å²) >= 11 is 0. The van der Waals surface area contributed by atoms with Crippen LogP contribution in [0.2, 0.25) is 0 Å². The predicted molar refractivity (Wildman–Crippen MR) is 62.4 cm³/mol. The summed E-state index contributed by atoms with van der Waals surface area (Å²) < 4.78 is 0. The number of aliphatic imine (C=N–C) groups is 1. The normalized spacial score (nSPS) is 12.3. The SMILES string of the molecule is C=CN=C(/C(=C\C)C(=O)O)c1ccncc1. The Labute approximate surface area is 93.7 Å². The minimum atomic E-state index is -1.01. The van der Waals surface area contributed by atoms with Gasteiger partial charge in [0, 0.05) is 24.2 Å². The van der Waals surface area contributed by atoms with Gasteiger partial charge >= 0.3 is 5.97 Å². The second-order valence-corrected chi connectivity index (χ2v) is 2.90. The lowest BCUT2D eigenvalue weighted by molar-refractivity contribution is -0.132. The van der Waals surface area contributed by atoms with Crippen molar-refractivity contribution in [1.82, 2.24) is 4.98 Å². The molecule has 0 atom stereocenters. The highest BCUT2D eigenvalue weighted by Gasteiger charge is 2.15. The molecule has 0 amide bonds. The van der Waals surface area contributed by atoms with E-state index in [-0.39, 0.29) is 5.57 Å². The summed E-state index contributed by atoms with van der Waals surface area (Å²) in [6.45, 7) is 5.13. The molecule has 0 unspecified atom stereocenters. The van der Waals surface area contributed by atoms with Gasteiger partial charge in [0.2, 0.25) is 0 Å². The van der Waals surface area contributed by atoms with Gasteiger partial charge in [-0.05, 0) is 19.1 Å². The first-order valence-electron chi connectivity index (χ1n) is 4.69. The Bertz CT molecular complexity index is 447. The number of hydrogen-bond acceptors (Lipinski definition) is 3. The second-order valence-electron chi connectivity index (χ2n) is 2.90. The lowest BCUT2D eigenvalue weighted by Crippen LogP contribution is -2.13. The maximum atomic E-state index is 11.0. The average molecular weight is 216 g/mol. The first-order chi connectivity index (χ1) is 7.70. The third-order valence-electron chi connectivity index (χ3n) is 1.95. The van der Waals surface area contributed by atoms with Crippen LogP contribution in [0.3, 0.4) is 0 Å². The summed E-state index contributed by atoms with van der Waals surface area (Å²) in [5.41, 5.74) is 1.23. The van der Waals surface area contributed by atoms with Crippen LogP contribution in [0.15, 0.2) is 53.9 Å². The number of carboxylic acids is 1.